The van der Waals surface area contributed by atoms with Crippen LogP contribution in [0.25, 0.3) is 0 Å². The van der Waals surface area contributed by atoms with Gasteiger partial charge in [0.25, 0.3) is 11.6 Å². The maximum Gasteiger partial charge on any atom is 0.336 e. The summed E-state index contributed by atoms with van der Waals surface area (Å²) in [4.78, 5) is 59.6. The number of rotatable bonds is 10. The molecule has 1 atom stereocenters. The summed E-state index contributed by atoms with van der Waals surface area (Å²) in [5.74, 6) is -3.86. The van der Waals surface area contributed by atoms with Gasteiger partial charge in [-0.2, -0.15) is 0 Å². The van der Waals surface area contributed by atoms with Gasteiger partial charge in [-0.15, -0.1) is 11.8 Å². The first kappa shape index (κ1) is 27.9. The number of carboxylic acids is 2. The molecule has 3 aromatic carbocycles. The summed E-state index contributed by atoms with van der Waals surface area (Å²) < 4.78 is 0. The van der Waals surface area contributed by atoms with Gasteiger partial charge in [-0.1, -0.05) is 19.1 Å². The summed E-state index contributed by atoms with van der Waals surface area (Å²) in [6.45, 7) is 3.54. The van der Waals surface area contributed by atoms with Crippen LogP contribution in [-0.2, 0) is 4.79 Å². The van der Waals surface area contributed by atoms with Gasteiger partial charge in [0.2, 0.25) is 5.91 Å². The van der Waals surface area contributed by atoms with Crippen LogP contribution in [0, 0.1) is 17.0 Å². The van der Waals surface area contributed by atoms with Crippen molar-refractivity contribution >= 4 is 52.6 Å². The number of amides is 2. The lowest BCUT2D eigenvalue weighted by atomic mass is 10.0. The summed E-state index contributed by atoms with van der Waals surface area (Å²) >= 11 is 1.23. The first-order valence-electron chi connectivity index (χ1n) is 11.2. The van der Waals surface area contributed by atoms with Gasteiger partial charge in [-0.25, -0.2) is 9.59 Å². The fourth-order valence-corrected chi connectivity index (χ4v) is 4.47. The quantitative estimate of drug-likeness (QED) is 0.156. The monoisotopic (exact) mass is 537 g/mol. The molecule has 4 N–H and O–H groups in total. The zero-order valence-corrected chi connectivity index (χ0v) is 21.1. The van der Waals surface area contributed by atoms with Crippen molar-refractivity contribution in [2.75, 3.05) is 10.6 Å². The summed E-state index contributed by atoms with van der Waals surface area (Å²) in [6.07, 6.45) is 0.443. The Morgan fingerprint density at radius 1 is 0.947 bits per heavy atom. The number of hydrogen-bond acceptors (Lipinski definition) is 7. The standard InChI is InChI=1S/C26H23N3O8S/c1-3-22(24(31)28-21-13-17(29(36)37)9-7-14(21)2)38-18-6-4-5-16(12-18)27-23(30)19-10-8-15(25(32)33)11-20(19)26(34)35/h4-13,22H,3H2,1-2H3,(H,27,30)(H,28,31)(H,32,33)(H,34,35). The van der Waals surface area contributed by atoms with Crippen LogP contribution >= 0.6 is 11.8 Å². The van der Waals surface area contributed by atoms with E-state index in [-0.39, 0.29) is 22.7 Å². The fraction of sp³-hybridized carbons (Fsp3) is 0.154. The fourth-order valence-electron chi connectivity index (χ4n) is 3.46. The molecule has 0 aliphatic rings. The number of anilines is 2. The van der Waals surface area contributed by atoms with Crippen LogP contribution in [-0.4, -0.2) is 44.1 Å². The molecule has 0 aliphatic heterocycles. The molecular weight excluding hydrogens is 514 g/mol. The highest BCUT2D eigenvalue weighted by molar-refractivity contribution is 8.00. The lowest BCUT2D eigenvalue weighted by molar-refractivity contribution is -0.384. The number of nitrogens with zero attached hydrogens (tertiary/aromatic N) is 1. The molecule has 2 amide bonds. The first-order valence-corrected chi connectivity index (χ1v) is 12.1. The second-order valence-corrected chi connectivity index (χ2v) is 9.39. The van der Waals surface area contributed by atoms with Crippen LogP contribution < -0.4 is 10.6 Å². The summed E-state index contributed by atoms with van der Waals surface area (Å²) in [7, 11) is 0. The van der Waals surface area contributed by atoms with E-state index in [0.29, 0.717) is 28.3 Å². The van der Waals surface area contributed by atoms with E-state index in [0.717, 1.165) is 18.2 Å². The number of nitro groups is 1. The van der Waals surface area contributed by atoms with E-state index in [1.165, 1.54) is 23.9 Å². The minimum atomic E-state index is -1.45. The molecule has 38 heavy (non-hydrogen) atoms. The Kier molecular flexibility index (Phi) is 8.81. The molecule has 0 saturated heterocycles. The van der Waals surface area contributed by atoms with Crippen LogP contribution in [0.2, 0.25) is 0 Å². The lowest BCUT2D eigenvalue weighted by Crippen LogP contribution is -2.25. The van der Waals surface area contributed by atoms with Crippen molar-refractivity contribution in [2.24, 2.45) is 0 Å². The lowest BCUT2D eigenvalue weighted by Gasteiger charge is -2.16. The number of aryl methyl sites for hydroxylation is 1. The van der Waals surface area contributed by atoms with Crippen LogP contribution in [0.15, 0.2) is 65.6 Å². The van der Waals surface area contributed by atoms with Gasteiger partial charge in [0.1, 0.15) is 0 Å². The van der Waals surface area contributed by atoms with Crippen molar-refractivity contribution in [1.82, 2.24) is 0 Å². The Morgan fingerprint density at radius 2 is 1.68 bits per heavy atom. The largest absolute Gasteiger partial charge is 0.478 e. The first-order chi connectivity index (χ1) is 18.0. The summed E-state index contributed by atoms with van der Waals surface area (Å²) in [6, 6.07) is 14.0. The molecule has 0 spiro atoms. The Balaban J connectivity index is 1.76. The molecule has 0 bridgehead atoms. The van der Waals surface area contributed by atoms with Crippen LogP contribution in [0.4, 0.5) is 17.1 Å². The van der Waals surface area contributed by atoms with E-state index >= 15 is 0 Å². The number of nitro benzene ring substituents is 1. The van der Waals surface area contributed by atoms with Gasteiger partial charge in [0.05, 0.1) is 32.6 Å². The number of nitrogens with one attached hydrogen (secondary N) is 2. The average molecular weight is 538 g/mol. The average Bonchev–Trinajstić information content (AvgIpc) is 2.88. The Hall–Kier alpha value is -4.71. The highest BCUT2D eigenvalue weighted by atomic mass is 32.2. The third-order valence-corrected chi connectivity index (χ3v) is 6.82. The van der Waals surface area contributed by atoms with Gasteiger partial charge in [0, 0.05) is 22.7 Å². The van der Waals surface area contributed by atoms with Crippen molar-refractivity contribution < 1.29 is 34.3 Å². The molecule has 0 aliphatic carbocycles. The zero-order chi connectivity index (χ0) is 28.0. The molecule has 0 heterocycles. The molecular formula is C26H23N3O8S. The highest BCUT2D eigenvalue weighted by Gasteiger charge is 2.22. The number of aromatic carboxylic acids is 2. The third kappa shape index (κ3) is 6.73. The molecule has 3 aromatic rings. The van der Waals surface area contributed by atoms with E-state index in [1.807, 2.05) is 6.92 Å². The predicted octanol–water partition coefficient (Wildman–Crippen LogP) is 5.06. The molecule has 12 heteroatoms. The van der Waals surface area contributed by atoms with E-state index in [1.54, 1.807) is 37.3 Å². The third-order valence-electron chi connectivity index (χ3n) is 5.46. The van der Waals surface area contributed by atoms with Gasteiger partial charge in [-0.05, 0) is 55.3 Å². The van der Waals surface area contributed by atoms with Crippen molar-refractivity contribution in [3.63, 3.8) is 0 Å². The highest BCUT2D eigenvalue weighted by Crippen LogP contribution is 2.30. The second-order valence-electron chi connectivity index (χ2n) is 8.11. The van der Waals surface area contributed by atoms with Gasteiger partial charge < -0.3 is 20.8 Å². The van der Waals surface area contributed by atoms with Crippen LogP contribution in [0.5, 0.6) is 0 Å². The Bertz CT molecular complexity index is 1440. The smallest absolute Gasteiger partial charge is 0.336 e. The second kappa shape index (κ2) is 12.0. The van der Waals surface area contributed by atoms with E-state index in [4.69, 9.17) is 5.11 Å². The Morgan fingerprint density at radius 3 is 2.32 bits per heavy atom. The molecule has 0 aromatic heterocycles. The number of thioether (sulfide) groups is 1. The molecule has 0 saturated carbocycles. The van der Waals surface area contributed by atoms with E-state index in [9.17, 15) is 34.4 Å². The SMILES string of the molecule is CCC(Sc1cccc(NC(=O)c2ccc(C(=O)O)cc2C(=O)O)c1)C(=O)Nc1cc([N+](=O)[O-])ccc1C. The summed E-state index contributed by atoms with van der Waals surface area (Å²) in [5.41, 5.74) is 0.285. The van der Waals surface area contributed by atoms with Crippen molar-refractivity contribution in [2.45, 2.75) is 30.4 Å². The number of hydrogen-bond donors (Lipinski definition) is 4. The van der Waals surface area contributed by atoms with Crippen molar-refractivity contribution in [3.05, 3.63) is 93.0 Å². The molecule has 1 unspecified atom stereocenters. The predicted molar refractivity (Wildman–Crippen MR) is 141 cm³/mol. The normalized spacial score (nSPS) is 11.3. The van der Waals surface area contributed by atoms with Gasteiger partial charge in [0.15, 0.2) is 0 Å². The van der Waals surface area contributed by atoms with Crippen LogP contribution in [0.3, 0.4) is 0 Å². The topological polar surface area (TPSA) is 176 Å². The minimum absolute atomic E-state index is 0.140. The maximum atomic E-state index is 12.9. The van der Waals surface area contributed by atoms with Gasteiger partial charge >= 0.3 is 11.9 Å². The van der Waals surface area contributed by atoms with Gasteiger partial charge in [-0.3, -0.25) is 19.7 Å². The molecule has 11 nitrogen and oxygen atoms in total. The number of benzene rings is 3. The number of carbonyl (C=O) groups excluding carboxylic acids is 2. The van der Waals surface area contributed by atoms with Crippen molar-refractivity contribution in [1.29, 1.82) is 0 Å². The zero-order valence-electron chi connectivity index (χ0n) is 20.3. The molecule has 196 valence electrons. The number of carboxylic acid groups (broad SMARTS) is 2. The molecule has 0 radical (unpaired) electrons. The van der Waals surface area contributed by atoms with E-state index in [2.05, 4.69) is 10.6 Å². The summed E-state index contributed by atoms with van der Waals surface area (Å²) in [5, 5.41) is 34.4. The molecule has 3 rings (SSSR count). The minimum Gasteiger partial charge on any atom is -0.478 e. The molecule has 0 fully saturated rings. The van der Waals surface area contributed by atoms with E-state index < -0.39 is 33.6 Å². The Labute approximate surface area is 221 Å². The maximum absolute atomic E-state index is 12.9. The number of carbonyl (C=O) groups is 4. The van der Waals surface area contributed by atoms with Crippen molar-refractivity contribution in [3.8, 4) is 0 Å². The van der Waals surface area contributed by atoms with Crippen LogP contribution in [0.1, 0.15) is 50.0 Å². The number of non-ortho nitro benzene ring substituents is 1.